The Morgan fingerprint density at radius 2 is 1.90 bits per heavy atom. The number of ether oxygens (including phenoxy) is 1. The highest BCUT2D eigenvalue weighted by Gasteiger charge is 2.06. The van der Waals surface area contributed by atoms with E-state index in [-0.39, 0.29) is 0 Å². The Balaban J connectivity index is 1.97. The van der Waals surface area contributed by atoms with Gasteiger partial charge in [-0.2, -0.15) is 0 Å². The van der Waals surface area contributed by atoms with Gasteiger partial charge in [0, 0.05) is 16.2 Å². The number of benzene rings is 2. The first-order valence-electron chi connectivity index (χ1n) is 7.02. The molecule has 0 heterocycles. The van der Waals surface area contributed by atoms with Gasteiger partial charge in [-0.3, -0.25) is 0 Å². The summed E-state index contributed by atoms with van der Waals surface area (Å²) in [5.74, 6) is 0.727. The molecule has 2 aromatic rings. The summed E-state index contributed by atoms with van der Waals surface area (Å²) < 4.78 is 6.54. The lowest BCUT2D eigenvalue weighted by Gasteiger charge is -2.16. The van der Waals surface area contributed by atoms with Gasteiger partial charge in [0.25, 0.3) is 0 Å². The zero-order chi connectivity index (χ0) is 15.2. The second-order valence-electron chi connectivity index (χ2n) is 4.95. The quantitative estimate of drug-likeness (QED) is 0.722. The van der Waals surface area contributed by atoms with Crippen LogP contribution in [0.25, 0.3) is 0 Å². The van der Waals surface area contributed by atoms with Crippen molar-refractivity contribution in [2.45, 2.75) is 26.3 Å². The summed E-state index contributed by atoms with van der Waals surface area (Å²) in [5, 5.41) is 4.10. The fraction of sp³-hybridized carbons (Fsp3) is 0.294. The molecule has 2 aromatic carbocycles. The minimum atomic E-state index is 0.320. The third-order valence-corrected chi connectivity index (χ3v) is 3.92. The predicted octanol–water partition coefficient (Wildman–Crippen LogP) is 5.54. The van der Waals surface area contributed by atoms with Crippen LogP contribution < -0.4 is 10.1 Å². The van der Waals surface area contributed by atoms with Crippen LogP contribution in [0.5, 0.6) is 5.75 Å². The van der Waals surface area contributed by atoms with Gasteiger partial charge in [0.1, 0.15) is 5.75 Å². The second-order valence-corrected chi connectivity index (χ2v) is 6.28. The lowest BCUT2D eigenvalue weighted by molar-refractivity contribution is 0.340. The summed E-state index contributed by atoms with van der Waals surface area (Å²) in [6.07, 6.45) is 0.956. The minimum absolute atomic E-state index is 0.320. The minimum Gasteiger partial charge on any atom is -0.492 e. The van der Waals surface area contributed by atoms with Gasteiger partial charge in [0.15, 0.2) is 0 Å². The molecule has 0 spiro atoms. The molecule has 0 bridgehead atoms. The van der Waals surface area contributed by atoms with Crippen LogP contribution in [0.2, 0.25) is 5.02 Å². The molecule has 2 rings (SSSR count). The molecule has 1 atom stereocenters. The first-order valence-corrected chi connectivity index (χ1v) is 8.19. The van der Waals surface area contributed by atoms with Crippen LogP contribution >= 0.6 is 27.5 Å². The zero-order valence-electron chi connectivity index (χ0n) is 12.2. The number of hydrogen-bond donors (Lipinski definition) is 1. The average molecular weight is 369 g/mol. The van der Waals surface area contributed by atoms with Crippen LogP contribution in [0.4, 0.5) is 5.69 Å². The van der Waals surface area contributed by atoms with Crippen LogP contribution in [-0.2, 0) is 6.42 Å². The van der Waals surface area contributed by atoms with Crippen molar-refractivity contribution in [3.63, 3.8) is 0 Å². The van der Waals surface area contributed by atoms with E-state index >= 15 is 0 Å². The highest BCUT2D eigenvalue weighted by atomic mass is 79.9. The number of halogens is 2. The summed E-state index contributed by atoms with van der Waals surface area (Å²) in [4.78, 5) is 0. The molecule has 0 aliphatic carbocycles. The van der Waals surface area contributed by atoms with Gasteiger partial charge in [0.2, 0.25) is 0 Å². The fourth-order valence-electron chi connectivity index (χ4n) is 2.17. The predicted molar refractivity (Wildman–Crippen MR) is 93.6 cm³/mol. The highest BCUT2D eigenvalue weighted by molar-refractivity contribution is 9.10. The van der Waals surface area contributed by atoms with Gasteiger partial charge in [0.05, 0.1) is 11.6 Å². The summed E-state index contributed by atoms with van der Waals surface area (Å²) >= 11 is 9.65. The van der Waals surface area contributed by atoms with E-state index in [1.54, 1.807) is 0 Å². The van der Waals surface area contributed by atoms with E-state index < -0.39 is 0 Å². The monoisotopic (exact) mass is 367 g/mol. The maximum Gasteiger partial charge on any atom is 0.138 e. The second kappa shape index (κ2) is 7.71. The molecule has 1 unspecified atom stereocenters. The Morgan fingerprint density at radius 3 is 2.52 bits per heavy atom. The molecule has 0 aliphatic rings. The van der Waals surface area contributed by atoms with Crippen molar-refractivity contribution < 1.29 is 4.74 Å². The Hall–Kier alpha value is -1.19. The van der Waals surface area contributed by atoms with Crippen molar-refractivity contribution in [1.82, 2.24) is 0 Å². The van der Waals surface area contributed by atoms with E-state index in [0.717, 1.165) is 22.3 Å². The normalized spacial score (nSPS) is 12.0. The summed E-state index contributed by atoms with van der Waals surface area (Å²) in [7, 11) is 0. The van der Waals surface area contributed by atoms with Gasteiger partial charge >= 0.3 is 0 Å². The molecule has 0 amide bonds. The SMILES string of the molecule is CCOc1ccc(NC(C)Cc2ccc(Br)cc2)cc1Cl. The Labute approximate surface area is 139 Å². The third kappa shape index (κ3) is 4.94. The van der Waals surface area contributed by atoms with Gasteiger partial charge in [-0.15, -0.1) is 0 Å². The smallest absolute Gasteiger partial charge is 0.138 e. The lowest BCUT2D eigenvalue weighted by Crippen LogP contribution is -2.18. The molecular formula is C17H19BrClNO. The maximum absolute atomic E-state index is 6.20. The van der Waals surface area contributed by atoms with E-state index in [4.69, 9.17) is 16.3 Å². The number of hydrogen-bond acceptors (Lipinski definition) is 2. The van der Waals surface area contributed by atoms with Crippen molar-refractivity contribution in [3.8, 4) is 5.75 Å². The molecule has 1 N–H and O–H groups in total. The van der Waals surface area contributed by atoms with Crippen molar-refractivity contribution in [2.75, 3.05) is 11.9 Å². The molecule has 0 aromatic heterocycles. The van der Waals surface area contributed by atoms with Crippen LogP contribution in [0, 0.1) is 0 Å². The molecule has 0 fully saturated rings. The molecule has 4 heteroatoms. The van der Waals surface area contributed by atoms with Crippen LogP contribution in [0.1, 0.15) is 19.4 Å². The van der Waals surface area contributed by atoms with Crippen LogP contribution in [0.15, 0.2) is 46.9 Å². The van der Waals surface area contributed by atoms with E-state index in [1.807, 2.05) is 25.1 Å². The molecule has 112 valence electrons. The van der Waals surface area contributed by atoms with Crippen molar-refractivity contribution in [2.24, 2.45) is 0 Å². The maximum atomic E-state index is 6.20. The van der Waals surface area contributed by atoms with Gasteiger partial charge in [-0.05, 0) is 56.2 Å². The van der Waals surface area contributed by atoms with Gasteiger partial charge < -0.3 is 10.1 Å². The van der Waals surface area contributed by atoms with E-state index in [2.05, 4.69) is 52.4 Å². The third-order valence-electron chi connectivity index (χ3n) is 3.10. The number of rotatable bonds is 6. The van der Waals surface area contributed by atoms with Crippen molar-refractivity contribution >= 4 is 33.2 Å². The highest BCUT2D eigenvalue weighted by Crippen LogP contribution is 2.28. The van der Waals surface area contributed by atoms with Gasteiger partial charge in [-0.25, -0.2) is 0 Å². The fourth-order valence-corrected chi connectivity index (χ4v) is 2.67. The molecule has 0 aliphatic heterocycles. The first kappa shape index (κ1) is 16.2. The Morgan fingerprint density at radius 1 is 1.19 bits per heavy atom. The number of nitrogens with one attached hydrogen (secondary N) is 1. The average Bonchev–Trinajstić information content (AvgIpc) is 2.44. The van der Waals surface area contributed by atoms with Crippen molar-refractivity contribution in [1.29, 1.82) is 0 Å². The summed E-state index contributed by atoms with van der Waals surface area (Å²) in [6.45, 7) is 4.72. The number of anilines is 1. The summed E-state index contributed by atoms with van der Waals surface area (Å²) in [6, 6.07) is 14.5. The molecule has 2 nitrogen and oxygen atoms in total. The molecule has 21 heavy (non-hydrogen) atoms. The van der Waals surface area contributed by atoms with E-state index in [0.29, 0.717) is 17.7 Å². The summed E-state index contributed by atoms with van der Waals surface area (Å²) in [5.41, 5.74) is 2.31. The molecule has 0 radical (unpaired) electrons. The van der Waals surface area contributed by atoms with Crippen LogP contribution in [-0.4, -0.2) is 12.6 Å². The Bertz CT molecular complexity index is 586. The Kier molecular flexibility index (Phi) is 5.95. The standard InChI is InChI=1S/C17H19BrClNO/c1-3-21-17-9-8-15(11-16(17)19)20-12(2)10-13-4-6-14(18)7-5-13/h4-9,11-12,20H,3,10H2,1-2H3. The van der Waals surface area contributed by atoms with E-state index in [9.17, 15) is 0 Å². The molecular weight excluding hydrogens is 350 g/mol. The van der Waals surface area contributed by atoms with Crippen LogP contribution in [0.3, 0.4) is 0 Å². The topological polar surface area (TPSA) is 21.3 Å². The molecule has 0 saturated heterocycles. The van der Waals surface area contributed by atoms with Gasteiger partial charge in [-0.1, -0.05) is 39.7 Å². The lowest BCUT2D eigenvalue weighted by atomic mass is 10.1. The van der Waals surface area contributed by atoms with E-state index in [1.165, 1.54) is 5.56 Å². The van der Waals surface area contributed by atoms with Crippen molar-refractivity contribution in [3.05, 3.63) is 57.5 Å². The first-order chi connectivity index (χ1) is 10.1. The largest absolute Gasteiger partial charge is 0.492 e. The molecule has 0 saturated carbocycles. The zero-order valence-corrected chi connectivity index (χ0v) is 14.5.